The molecule has 6 aromatic carbocycles. The summed E-state index contributed by atoms with van der Waals surface area (Å²) in [7, 11) is 0. The van der Waals surface area contributed by atoms with Crippen molar-refractivity contribution in [2.45, 2.75) is 78.6 Å². The lowest BCUT2D eigenvalue weighted by Crippen LogP contribution is -2.59. The fourth-order valence-corrected chi connectivity index (χ4v) is 8.66. The fraction of sp³-hybridized carbons (Fsp3) is 0.250. The molecule has 0 fully saturated rings. The molecule has 0 atom stereocenters. The molecule has 4 heteroatoms. The molecule has 0 amide bonds. The van der Waals surface area contributed by atoms with Gasteiger partial charge < -0.3 is 14.4 Å². The van der Waals surface area contributed by atoms with E-state index in [0.29, 0.717) is 0 Å². The van der Waals surface area contributed by atoms with Gasteiger partial charge in [0.05, 0.1) is 11.4 Å². The molecular weight excluding hydrogens is 631 g/mol. The Morgan fingerprint density at radius 1 is 0.577 bits per heavy atom. The summed E-state index contributed by atoms with van der Waals surface area (Å²) in [6.45, 7) is 21.0. The average molecular weight is 679 g/mol. The predicted molar refractivity (Wildman–Crippen MR) is 221 cm³/mol. The van der Waals surface area contributed by atoms with Crippen molar-refractivity contribution in [3.05, 3.63) is 149 Å². The number of ether oxygens (including phenoxy) is 1. The summed E-state index contributed by atoms with van der Waals surface area (Å²) >= 11 is 0. The van der Waals surface area contributed by atoms with E-state index < -0.39 is 0 Å². The molecule has 0 aliphatic carbocycles. The Bertz CT molecular complexity index is 2410. The minimum Gasteiger partial charge on any atom is -0.453 e. The van der Waals surface area contributed by atoms with Crippen LogP contribution in [0.2, 0.25) is 0 Å². The molecule has 0 saturated heterocycles. The van der Waals surface area contributed by atoms with Crippen molar-refractivity contribution >= 4 is 46.2 Å². The Labute approximate surface area is 310 Å². The molecule has 3 nitrogen and oxygen atoms in total. The molecule has 0 N–H and O–H groups in total. The Kier molecular flexibility index (Phi) is 7.00. The van der Waals surface area contributed by atoms with Crippen LogP contribution >= 0.6 is 0 Å². The maximum Gasteiger partial charge on any atom is 0.328 e. The van der Waals surface area contributed by atoms with E-state index in [1.54, 1.807) is 0 Å². The first kappa shape index (κ1) is 32.7. The number of benzene rings is 6. The second-order valence-corrected chi connectivity index (χ2v) is 17.6. The Hall–Kier alpha value is -5.22. The number of rotatable bonds is 2. The zero-order valence-electron chi connectivity index (χ0n) is 31.9. The topological polar surface area (TPSA) is 15.7 Å². The summed E-state index contributed by atoms with van der Waals surface area (Å²) in [4.78, 5) is 4.99. The molecule has 0 spiro atoms. The molecule has 52 heavy (non-hydrogen) atoms. The van der Waals surface area contributed by atoms with E-state index in [4.69, 9.17) is 4.74 Å². The molecule has 3 aliphatic heterocycles. The SMILES string of the molecule is Cc1ccc2c(c1)-c1cc(C(C)(C)C)cc3c1N(B2c1ccc2c(c1)Oc1ccccc1N2c1ccccc1)c1ccc(C(C)(C)C)cc1C3(C)C. The average Bonchev–Trinajstić information content (AvgIpc) is 3.11. The van der Waals surface area contributed by atoms with Crippen LogP contribution in [0.5, 0.6) is 11.5 Å². The molecule has 9 rings (SSSR count). The lowest BCUT2D eigenvalue weighted by Gasteiger charge is -2.49. The molecule has 0 radical (unpaired) electrons. The smallest absolute Gasteiger partial charge is 0.328 e. The zero-order chi connectivity index (χ0) is 36.3. The van der Waals surface area contributed by atoms with Crippen molar-refractivity contribution in [3.63, 3.8) is 0 Å². The van der Waals surface area contributed by atoms with Crippen LogP contribution in [0.25, 0.3) is 11.1 Å². The van der Waals surface area contributed by atoms with Crippen molar-refractivity contribution in [3.8, 4) is 22.6 Å². The van der Waals surface area contributed by atoms with Gasteiger partial charge in [-0.25, -0.2) is 0 Å². The summed E-state index contributed by atoms with van der Waals surface area (Å²) in [6, 6.07) is 45.2. The summed E-state index contributed by atoms with van der Waals surface area (Å²) in [5, 5.41) is 0. The van der Waals surface area contributed by atoms with Gasteiger partial charge in [0.2, 0.25) is 0 Å². The van der Waals surface area contributed by atoms with Gasteiger partial charge in [0.15, 0.2) is 11.5 Å². The van der Waals surface area contributed by atoms with Crippen molar-refractivity contribution in [2.24, 2.45) is 0 Å². The summed E-state index contributed by atoms with van der Waals surface area (Å²) in [5.41, 5.74) is 17.6. The second-order valence-electron chi connectivity index (χ2n) is 17.6. The molecule has 0 unspecified atom stereocenters. The van der Waals surface area contributed by atoms with Crippen LogP contribution in [-0.2, 0) is 16.2 Å². The number of anilines is 5. The number of hydrogen-bond acceptors (Lipinski definition) is 3. The molecule has 258 valence electrons. The van der Waals surface area contributed by atoms with Gasteiger partial charge in [-0.05, 0) is 105 Å². The Morgan fingerprint density at radius 3 is 2.00 bits per heavy atom. The highest BCUT2D eigenvalue weighted by molar-refractivity contribution is 6.91. The third-order valence-corrected chi connectivity index (χ3v) is 11.6. The Morgan fingerprint density at radius 2 is 1.25 bits per heavy atom. The largest absolute Gasteiger partial charge is 0.453 e. The van der Waals surface area contributed by atoms with Crippen LogP contribution < -0.4 is 25.4 Å². The summed E-state index contributed by atoms with van der Waals surface area (Å²) in [6.07, 6.45) is 0. The van der Waals surface area contributed by atoms with Crippen LogP contribution in [0.3, 0.4) is 0 Å². The van der Waals surface area contributed by atoms with Crippen molar-refractivity contribution in [2.75, 3.05) is 9.71 Å². The number of fused-ring (bicyclic) bond motifs is 6. The van der Waals surface area contributed by atoms with Crippen LogP contribution in [0.15, 0.2) is 121 Å². The van der Waals surface area contributed by atoms with Gasteiger partial charge in [0, 0.05) is 28.0 Å². The lowest BCUT2D eigenvalue weighted by atomic mass is 9.44. The molecule has 3 heterocycles. The van der Waals surface area contributed by atoms with Crippen LogP contribution in [0, 0.1) is 6.92 Å². The standard InChI is InChI=1S/C48H47BN2O/c1-30-19-22-39-35(25-30)36-26-32(47(5,6)7)28-38-45(36)51(40-23-20-31(46(2,3)4)27-37(40)48(38,8)9)49(39)33-21-24-42-44(29-33)52-43-18-14-13-17-41(43)50(42)34-15-11-10-12-16-34/h10-29H,1-9H3. The van der Waals surface area contributed by atoms with E-state index in [2.05, 4.69) is 193 Å². The first-order valence-electron chi connectivity index (χ1n) is 18.7. The predicted octanol–water partition coefficient (Wildman–Crippen LogP) is 11.7. The first-order valence-corrected chi connectivity index (χ1v) is 18.7. The van der Waals surface area contributed by atoms with Crippen LogP contribution in [0.1, 0.15) is 83.2 Å². The van der Waals surface area contributed by atoms with Gasteiger partial charge >= 0.3 is 6.85 Å². The van der Waals surface area contributed by atoms with Gasteiger partial charge in [0.25, 0.3) is 0 Å². The van der Waals surface area contributed by atoms with Gasteiger partial charge in [-0.15, -0.1) is 0 Å². The number of aryl methyl sites for hydroxylation is 1. The minimum atomic E-state index is -0.205. The summed E-state index contributed by atoms with van der Waals surface area (Å²) < 4.78 is 6.79. The molecule has 3 aliphatic rings. The number of nitrogens with zero attached hydrogens (tertiary/aromatic N) is 2. The van der Waals surface area contributed by atoms with Gasteiger partial charge in [0.1, 0.15) is 0 Å². The monoisotopic (exact) mass is 678 g/mol. The van der Waals surface area contributed by atoms with E-state index in [1.165, 1.54) is 61.2 Å². The first-order chi connectivity index (χ1) is 24.7. The van der Waals surface area contributed by atoms with E-state index in [-0.39, 0.29) is 23.1 Å². The van der Waals surface area contributed by atoms with E-state index in [9.17, 15) is 0 Å². The van der Waals surface area contributed by atoms with Crippen molar-refractivity contribution < 1.29 is 4.74 Å². The maximum atomic E-state index is 6.79. The molecule has 0 aromatic heterocycles. The number of para-hydroxylation sites is 3. The molecule has 0 bridgehead atoms. The maximum absolute atomic E-state index is 6.79. The molecular formula is C48H47BN2O. The normalized spacial score (nSPS) is 15.2. The van der Waals surface area contributed by atoms with Crippen molar-refractivity contribution in [1.82, 2.24) is 0 Å². The van der Waals surface area contributed by atoms with Gasteiger partial charge in [-0.3, -0.25) is 0 Å². The van der Waals surface area contributed by atoms with E-state index in [0.717, 1.165) is 28.6 Å². The quantitative estimate of drug-likeness (QED) is 0.169. The number of hydrogen-bond donors (Lipinski definition) is 0. The summed E-state index contributed by atoms with van der Waals surface area (Å²) in [5.74, 6) is 1.72. The second kappa shape index (κ2) is 11.1. The molecule has 6 aromatic rings. The molecule has 0 saturated carbocycles. The van der Waals surface area contributed by atoms with Gasteiger partial charge in [-0.2, -0.15) is 0 Å². The fourth-order valence-electron chi connectivity index (χ4n) is 8.66. The van der Waals surface area contributed by atoms with E-state index >= 15 is 0 Å². The third kappa shape index (κ3) is 4.87. The third-order valence-electron chi connectivity index (χ3n) is 11.6. The highest BCUT2D eigenvalue weighted by Crippen LogP contribution is 2.56. The highest BCUT2D eigenvalue weighted by Gasteiger charge is 2.47. The van der Waals surface area contributed by atoms with Crippen LogP contribution in [0.4, 0.5) is 28.4 Å². The van der Waals surface area contributed by atoms with Gasteiger partial charge in [-0.1, -0.05) is 134 Å². The zero-order valence-corrected chi connectivity index (χ0v) is 31.9. The Balaban J connectivity index is 1.32. The van der Waals surface area contributed by atoms with E-state index in [1.807, 2.05) is 0 Å². The highest BCUT2D eigenvalue weighted by atomic mass is 16.5. The lowest BCUT2D eigenvalue weighted by molar-refractivity contribution is 0.477. The van der Waals surface area contributed by atoms with Crippen molar-refractivity contribution in [1.29, 1.82) is 0 Å². The minimum absolute atomic E-state index is 0.00242. The van der Waals surface area contributed by atoms with Crippen LogP contribution in [-0.4, -0.2) is 6.85 Å².